The van der Waals surface area contributed by atoms with Crippen LogP contribution >= 0.6 is 0 Å². The number of carbonyl (C=O) groups is 2. The van der Waals surface area contributed by atoms with Crippen LogP contribution in [0.3, 0.4) is 0 Å². The quantitative estimate of drug-likeness (QED) is 0.742. The Bertz CT molecular complexity index is 897. The zero-order chi connectivity index (χ0) is 18.7. The second kappa shape index (κ2) is 7.31. The van der Waals surface area contributed by atoms with Crippen molar-refractivity contribution < 1.29 is 28.5 Å². The Labute approximate surface area is 150 Å². The van der Waals surface area contributed by atoms with Gasteiger partial charge in [0.2, 0.25) is 5.78 Å². The maximum absolute atomic E-state index is 12.6. The molecule has 0 saturated heterocycles. The largest absolute Gasteiger partial charge is 0.497 e. The fourth-order valence-electron chi connectivity index (χ4n) is 2.54. The van der Waals surface area contributed by atoms with E-state index in [1.807, 2.05) is 0 Å². The Morgan fingerprint density at radius 2 is 1.85 bits per heavy atom. The van der Waals surface area contributed by atoms with Gasteiger partial charge in [-0.2, -0.15) is 0 Å². The fraction of sp³-hybridized carbons (Fsp3) is 0.200. The molecule has 0 bridgehead atoms. The summed E-state index contributed by atoms with van der Waals surface area (Å²) in [7, 11) is 3.11. The van der Waals surface area contributed by atoms with E-state index in [-0.39, 0.29) is 23.9 Å². The molecule has 0 aliphatic carbocycles. The lowest BCUT2D eigenvalue weighted by Gasteiger charge is -2.08. The summed E-state index contributed by atoms with van der Waals surface area (Å²) in [6.07, 6.45) is 1.61. The van der Waals surface area contributed by atoms with Gasteiger partial charge in [0.25, 0.3) is 0 Å². The van der Waals surface area contributed by atoms with E-state index in [1.54, 1.807) is 56.7 Å². The van der Waals surface area contributed by atoms with Crippen LogP contribution in [-0.2, 0) is 4.79 Å². The van der Waals surface area contributed by atoms with Gasteiger partial charge in [0.05, 0.1) is 19.8 Å². The van der Waals surface area contributed by atoms with Crippen LogP contribution < -0.4 is 18.9 Å². The minimum absolute atomic E-state index is 0.0313. The smallest absolute Gasteiger partial charge is 0.231 e. The van der Waals surface area contributed by atoms with Gasteiger partial charge in [-0.3, -0.25) is 9.59 Å². The van der Waals surface area contributed by atoms with Gasteiger partial charge >= 0.3 is 0 Å². The Balaban J connectivity index is 1.90. The first-order valence-electron chi connectivity index (χ1n) is 7.94. The minimum atomic E-state index is -0.233. The van der Waals surface area contributed by atoms with Crippen LogP contribution in [-0.4, -0.2) is 32.4 Å². The van der Waals surface area contributed by atoms with Crippen molar-refractivity contribution in [2.24, 2.45) is 0 Å². The van der Waals surface area contributed by atoms with Crippen molar-refractivity contribution >= 4 is 17.6 Å². The molecule has 0 N–H and O–H groups in total. The van der Waals surface area contributed by atoms with Crippen LogP contribution in [0.1, 0.15) is 22.8 Å². The van der Waals surface area contributed by atoms with E-state index in [0.717, 1.165) is 0 Å². The lowest BCUT2D eigenvalue weighted by molar-refractivity contribution is -0.118. The third-order valence-corrected chi connectivity index (χ3v) is 3.81. The molecule has 0 radical (unpaired) electrons. The molecule has 1 heterocycles. The number of rotatable bonds is 6. The first-order valence-corrected chi connectivity index (χ1v) is 7.94. The number of Topliss-reactive ketones (excluding diaryl/α,β-unsaturated/α-hetero) is 2. The third kappa shape index (κ3) is 3.54. The number of allylic oxidation sites excluding steroid dienone is 1. The normalized spacial score (nSPS) is 14.0. The Morgan fingerprint density at radius 1 is 1.08 bits per heavy atom. The number of fused-ring (bicyclic) bond motifs is 1. The molecule has 1 aliphatic heterocycles. The van der Waals surface area contributed by atoms with E-state index >= 15 is 0 Å². The number of benzene rings is 2. The Kier molecular flexibility index (Phi) is 4.93. The summed E-state index contributed by atoms with van der Waals surface area (Å²) in [5, 5.41) is 0. The van der Waals surface area contributed by atoms with Crippen molar-refractivity contribution in [1.82, 2.24) is 0 Å². The molecule has 0 fully saturated rings. The SMILES string of the molecule is COc1ccc(OC)c(C=C2Oc3cc(OCC(C)=O)ccc3C2=O)c1. The molecule has 0 amide bonds. The maximum atomic E-state index is 12.6. The third-order valence-electron chi connectivity index (χ3n) is 3.81. The molecule has 1 aliphatic rings. The van der Waals surface area contributed by atoms with Crippen LogP contribution in [0.15, 0.2) is 42.2 Å². The molecule has 0 unspecified atom stereocenters. The molecule has 6 heteroatoms. The van der Waals surface area contributed by atoms with Gasteiger partial charge in [0.1, 0.15) is 29.6 Å². The summed E-state index contributed by atoms with van der Waals surface area (Å²) in [4.78, 5) is 23.6. The number of carbonyl (C=O) groups excluding carboxylic acids is 2. The van der Waals surface area contributed by atoms with Crippen LogP contribution in [0.4, 0.5) is 0 Å². The number of ether oxygens (including phenoxy) is 4. The molecule has 0 aromatic heterocycles. The second-order valence-corrected chi connectivity index (χ2v) is 5.70. The van der Waals surface area contributed by atoms with Crippen LogP contribution in [0.25, 0.3) is 6.08 Å². The van der Waals surface area contributed by atoms with E-state index in [9.17, 15) is 9.59 Å². The van der Waals surface area contributed by atoms with Crippen molar-refractivity contribution in [2.75, 3.05) is 20.8 Å². The van der Waals surface area contributed by atoms with Gasteiger partial charge in [-0.1, -0.05) is 0 Å². The lowest BCUT2D eigenvalue weighted by Crippen LogP contribution is -2.06. The summed E-state index contributed by atoms with van der Waals surface area (Å²) in [6.45, 7) is 1.41. The summed E-state index contributed by atoms with van der Waals surface area (Å²) >= 11 is 0. The zero-order valence-electron chi connectivity index (χ0n) is 14.7. The average molecular weight is 354 g/mol. The topological polar surface area (TPSA) is 71.1 Å². The van der Waals surface area contributed by atoms with E-state index in [0.29, 0.717) is 34.1 Å². The summed E-state index contributed by atoms with van der Waals surface area (Å²) in [5.41, 5.74) is 1.10. The first kappa shape index (κ1) is 17.5. The number of hydrogen-bond donors (Lipinski definition) is 0. The lowest BCUT2D eigenvalue weighted by atomic mass is 10.1. The van der Waals surface area contributed by atoms with Crippen LogP contribution in [0.2, 0.25) is 0 Å². The number of hydrogen-bond acceptors (Lipinski definition) is 6. The van der Waals surface area contributed by atoms with Crippen molar-refractivity contribution in [1.29, 1.82) is 0 Å². The Hall–Kier alpha value is -3.28. The highest BCUT2D eigenvalue weighted by Crippen LogP contribution is 2.36. The van der Waals surface area contributed by atoms with Crippen molar-refractivity contribution in [3.63, 3.8) is 0 Å². The average Bonchev–Trinajstić information content (AvgIpc) is 2.95. The van der Waals surface area contributed by atoms with Gasteiger partial charge in [0, 0.05) is 11.6 Å². The van der Waals surface area contributed by atoms with Gasteiger partial charge in [-0.15, -0.1) is 0 Å². The molecule has 3 rings (SSSR count). The van der Waals surface area contributed by atoms with Crippen molar-refractivity contribution in [2.45, 2.75) is 6.92 Å². The highest BCUT2D eigenvalue weighted by Gasteiger charge is 2.28. The molecule has 6 nitrogen and oxygen atoms in total. The van der Waals surface area contributed by atoms with E-state index in [2.05, 4.69) is 0 Å². The van der Waals surface area contributed by atoms with Crippen LogP contribution in [0.5, 0.6) is 23.0 Å². The fourth-order valence-corrected chi connectivity index (χ4v) is 2.54. The first-order chi connectivity index (χ1) is 12.5. The van der Waals surface area contributed by atoms with Crippen molar-refractivity contribution in [3.05, 3.63) is 53.3 Å². The van der Waals surface area contributed by atoms with E-state index in [4.69, 9.17) is 18.9 Å². The second-order valence-electron chi connectivity index (χ2n) is 5.70. The molecule has 134 valence electrons. The van der Waals surface area contributed by atoms with Gasteiger partial charge in [-0.05, 0) is 43.3 Å². The van der Waals surface area contributed by atoms with Crippen LogP contribution in [0, 0.1) is 0 Å². The molecule has 0 saturated carbocycles. The molecule has 0 atom stereocenters. The predicted molar refractivity (Wildman–Crippen MR) is 95.1 cm³/mol. The molecular weight excluding hydrogens is 336 g/mol. The minimum Gasteiger partial charge on any atom is -0.497 e. The zero-order valence-corrected chi connectivity index (χ0v) is 14.7. The predicted octanol–water partition coefficient (Wildman–Crippen LogP) is 3.29. The van der Waals surface area contributed by atoms with Gasteiger partial charge in [-0.25, -0.2) is 0 Å². The summed E-state index contributed by atoms with van der Waals surface area (Å²) in [5.74, 6) is 1.94. The molecule has 0 spiro atoms. The standard InChI is InChI=1S/C20H18O6/c1-12(21)11-25-15-4-6-16-18(10-15)26-19(20(16)22)9-13-8-14(23-2)5-7-17(13)24-3/h4-10H,11H2,1-3H3. The Morgan fingerprint density at radius 3 is 2.54 bits per heavy atom. The van der Waals surface area contributed by atoms with Gasteiger partial charge < -0.3 is 18.9 Å². The summed E-state index contributed by atoms with van der Waals surface area (Å²) in [6, 6.07) is 10.1. The van der Waals surface area contributed by atoms with Crippen molar-refractivity contribution in [3.8, 4) is 23.0 Å². The number of methoxy groups -OCH3 is 2. The maximum Gasteiger partial charge on any atom is 0.231 e. The number of ketones is 2. The molecule has 2 aromatic carbocycles. The summed E-state index contributed by atoms with van der Waals surface area (Å²) < 4.78 is 21.6. The highest BCUT2D eigenvalue weighted by molar-refractivity contribution is 6.14. The molecular formula is C20H18O6. The van der Waals surface area contributed by atoms with E-state index < -0.39 is 0 Å². The monoisotopic (exact) mass is 354 g/mol. The highest BCUT2D eigenvalue weighted by atomic mass is 16.5. The molecule has 26 heavy (non-hydrogen) atoms. The molecule has 2 aromatic rings. The van der Waals surface area contributed by atoms with E-state index in [1.165, 1.54) is 6.92 Å². The van der Waals surface area contributed by atoms with Gasteiger partial charge in [0.15, 0.2) is 11.5 Å².